The van der Waals surface area contributed by atoms with Crippen LogP contribution in [0.5, 0.6) is 5.75 Å². The van der Waals surface area contributed by atoms with Crippen molar-refractivity contribution in [1.82, 2.24) is 0 Å². The standard InChI is InChI=1S/C32H29NO4/c1-31(2,3)30(36)27-26(20-13-16-21(37-4)17-14-20)32(28(34)22-10-6-7-11-23(22)29(32)35)25-18-15-19-9-5-8-12-24(19)33(25)27/h5-18,25-27H,1-4H3/t25-,26-,27+/m0/s1. The molecule has 37 heavy (non-hydrogen) atoms. The lowest BCUT2D eigenvalue weighted by molar-refractivity contribution is -0.127. The number of carbonyl (C=O) groups excluding carboxylic acids is 3. The molecule has 0 unspecified atom stereocenters. The van der Waals surface area contributed by atoms with Crippen LogP contribution in [0, 0.1) is 10.8 Å². The SMILES string of the molecule is COc1ccc([C@H]2[C@H](C(=O)C(C)(C)C)N3c4ccccc4C=C[C@H]3C23C(=O)c2ccccc2C3=O)cc1. The number of hydrogen-bond acceptors (Lipinski definition) is 5. The van der Waals surface area contributed by atoms with Crippen LogP contribution in [0.2, 0.25) is 0 Å². The highest BCUT2D eigenvalue weighted by molar-refractivity contribution is 6.32. The molecule has 1 aliphatic carbocycles. The molecule has 1 fully saturated rings. The third-order valence-corrected chi connectivity index (χ3v) is 8.20. The fourth-order valence-corrected chi connectivity index (χ4v) is 6.55. The van der Waals surface area contributed by atoms with E-state index in [9.17, 15) is 14.4 Å². The summed E-state index contributed by atoms with van der Waals surface area (Å²) in [5.74, 6) is -0.436. The Balaban J connectivity index is 1.69. The minimum absolute atomic E-state index is 0.00291. The van der Waals surface area contributed by atoms with Gasteiger partial charge in [-0.3, -0.25) is 14.4 Å². The number of anilines is 1. The second kappa shape index (κ2) is 8.01. The largest absolute Gasteiger partial charge is 0.497 e. The van der Waals surface area contributed by atoms with Crippen LogP contribution in [-0.4, -0.2) is 36.5 Å². The minimum Gasteiger partial charge on any atom is -0.497 e. The number of ether oxygens (including phenoxy) is 1. The zero-order valence-corrected chi connectivity index (χ0v) is 21.4. The van der Waals surface area contributed by atoms with Crippen molar-refractivity contribution < 1.29 is 19.1 Å². The van der Waals surface area contributed by atoms with Crippen LogP contribution >= 0.6 is 0 Å². The zero-order chi connectivity index (χ0) is 26.1. The molecule has 0 aromatic heterocycles. The highest BCUT2D eigenvalue weighted by Gasteiger charge is 2.71. The Labute approximate surface area is 216 Å². The third kappa shape index (κ3) is 3.06. The average molecular weight is 492 g/mol. The van der Waals surface area contributed by atoms with Gasteiger partial charge >= 0.3 is 0 Å². The van der Waals surface area contributed by atoms with Gasteiger partial charge in [0.2, 0.25) is 0 Å². The topological polar surface area (TPSA) is 63.7 Å². The summed E-state index contributed by atoms with van der Waals surface area (Å²) in [5, 5.41) is 0. The highest BCUT2D eigenvalue weighted by Crippen LogP contribution is 2.61. The molecule has 0 bridgehead atoms. The van der Waals surface area contributed by atoms with Gasteiger partial charge in [0.15, 0.2) is 17.3 Å². The molecule has 0 amide bonds. The van der Waals surface area contributed by atoms with E-state index in [1.807, 2.05) is 81.5 Å². The first kappa shape index (κ1) is 23.4. The van der Waals surface area contributed by atoms with Crippen molar-refractivity contribution in [2.45, 2.75) is 38.8 Å². The molecular weight excluding hydrogens is 462 g/mol. The summed E-state index contributed by atoms with van der Waals surface area (Å²) in [6.07, 6.45) is 3.94. The number of nitrogens with zero attached hydrogens (tertiary/aromatic N) is 1. The van der Waals surface area contributed by atoms with E-state index < -0.39 is 28.8 Å². The Hall–Kier alpha value is -3.99. The van der Waals surface area contributed by atoms with Crippen molar-refractivity contribution >= 4 is 29.1 Å². The molecule has 6 rings (SSSR count). The van der Waals surface area contributed by atoms with E-state index >= 15 is 0 Å². The van der Waals surface area contributed by atoms with Crippen LogP contribution < -0.4 is 9.64 Å². The molecule has 5 heteroatoms. The number of hydrogen-bond donors (Lipinski definition) is 0. The molecule has 186 valence electrons. The Morgan fingerprint density at radius 2 is 1.46 bits per heavy atom. The lowest BCUT2D eigenvalue weighted by Crippen LogP contribution is -2.49. The number of methoxy groups -OCH3 is 1. The molecule has 0 radical (unpaired) electrons. The van der Waals surface area contributed by atoms with Gasteiger partial charge in [0.05, 0.1) is 19.2 Å². The van der Waals surface area contributed by atoms with Crippen LogP contribution in [0.25, 0.3) is 6.08 Å². The van der Waals surface area contributed by atoms with E-state index in [0.717, 1.165) is 16.8 Å². The first-order valence-electron chi connectivity index (χ1n) is 12.6. The maximum atomic E-state index is 14.5. The van der Waals surface area contributed by atoms with E-state index in [-0.39, 0.29) is 17.3 Å². The molecule has 3 aromatic rings. The Morgan fingerprint density at radius 3 is 2.05 bits per heavy atom. The number of carbonyl (C=O) groups is 3. The molecule has 0 saturated carbocycles. The molecule has 3 atom stereocenters. The number of para-hydroxylation sites is 1. The van der Waals surface area contributed by atoms with Crippen molar-refractivity contribution in [3.8, 4) is 5.75 Å². The molecule has 1 spiro atoms. The van der Waals surface area contributed by atoms with E-state index in [0.29, 0.717) is 16.9 Å². The van der Waals surface area contributed by atoms with Crippen LogP contribution in [0.1, 0.15) is 58.5 Å². The molecule has 0 N–H and O–H groups in total. The number of Topliss-reactive ketones (excluding diaryl/α,β-unsaturated/α-hetero) is 3. The summed E-state index contributed by atoms with van der Waals surface area (Å²) in [6, 6.07) is 21.1. The van der Waals surface area contributed by atoms with Gasteiger partial charge < -0.3 is 9.64 Å². The van der Waals surface area contributed by atoms with Crippen molar-refractivity contribution in [2.75, 3.05) is 12.0 Å². The molecule has 5 nitrogen and oxygen atoms in total. The molecule has 2 heterocycles. The summed E-state index contributed by atoms with van der Waals surface area (Å²) in [7, 11) is 1.60. The predicted octanol–water partition coefficient (Wildman–Crippen LogP) is 5.74. The van der Waals surface area contributed by atoms with E-state index in [1.165, 1.54) is 0 Å². The maximum Gasteiger partial charge on any atom is 0.180 e. The molecule has 3 aromatic carbocycles. The third-order valence-electron chi connectivity index (χ3n) is 8.20. The Bertz CT molecular complexity index is 1440. The Kier molecular flexibility index (Phi) is 5.07. The second-order valence-electron chi connectivity index (χ2n) is 11.2. The number of ketones is 3. The molecule has 2 aliphatic heterocycles. The average Bonchev–Trinajstić information content (AvgIpc) is 3.34. The quantitative estimate of drug-likeness (QED) is 0.437. The predicted molar refractivity (Wildman–Crippen MR) is 143 cm³/mol. The van der Waals surface area contributed by atoms with Gasteiger partial charge in [-0.15, -0.1) is 0 Å². The van der Waals surface area contributed by atoms with Gasteiger partial charge in [-0.1, -0.05) is 87.5 Å². The molecule has 1 saturated heterocycles. The lowest BCUT2D eigenvalue weighted by atomic mass is 9.63. The summed E-state index contributed by atoms with van der Waals surface area (Å²) in [4.78, 5) is 45.4. The maximum absolute atomic E-state index is 14.5. The fraction of sp³-hybridized carbons (Fsp3) is 0.281. The first-order chi connectivity index (χ1) is 17.7. The number of fused-ring (bicyclic) bond motifs is 5. The van der Waals surface area contributed by atoms with Crippen molar-refractivity contribution in [1.29, 1.82) is 0 Å². The first-order valence-corrected chi connectivity index (χ1v) is 12.6. The van der Waals surface area contributed by atoms with Gasteiger partial charge in [0.1, 0.15) is 11.2 Å². The van der Waals surface area contributed by atoms with E-state index in [4.69, 9.17) is 4.74 Å². The van der Waals surface area contributed by atoms with Gasteiger partial charge in [-0.2, -0.15) is 0 Å². The smallest absolute Gasteiger partial charge is 0.180 e. The van der Waals surface area contributed by atoms with Gasteiger partial charge in [0, 0.05) is 28.1 Å². The van der Waals surface area contributed by atoms with Crippen molar-refractivity contribution in [3.05, 3.63) is 101 Å². The molecular formula is C32H29NO4. The van der Waals surface area contributed by atoms with Crippen LogP contribution in [0.15, 0.2) is 78.9 Å². The van der Waals surface area contributed by atoms with Gasteiger partial charge in [-0.25, -0.2) is 0 Å². The van der Waals surface area contributed by atoms with Crippen molar-refractivity contribution in [2.24, 2.45) is 10.8 Å². The summed E-state index contributed by atoms with van der Waals surface area (Å²) in [5.41, 5.74) is 1.31. The lowest BCUT2D eigenvalue weighted by Gasteiger charge is -2.38. The van der Waals surface area contributed by atoms with Crippen LogP contribution in [0.3, 0.4) is 0 Å². The second-order valence-corrected chi connectivity index (χ2v) is 11.2. The highest BCUT2D eigenvalue weighted by atomic mass is 16.5. The van der Waals surface area contributed by atoms with E-state index in [2.05, 4.69) is 4.90 Å². The van der Waals surface area contributed by atoms with Gasteiger partial charge in [-0.05, 0) is 29.3 Å². The van der Waals surface area contributed by atoms with Crippen LogP contribution in [-0.2, 0) is 4.79 Å². The summed E-state index contributed by atoms with van der Waals surface area (Å²) < 4.78 is 5.39. The van der Waals surface area contributed by atoms with Crippen LogP contribution in [0.4, 0.5) is 5.69 Å². The Morgan fingerprint density at radius 1 is 0.865 bits per heavy atom. The number of rotatable bonds is 3. The monoisotopic (exact) mass is 491 g/mol. The molecule has 3 aliphatic rings. The normalized spacial score (nSPS) is 23.1. The fourth-order valence-electron chi connectivity index (χ4n) is 6.55. The zero-order valence-electron chi connectivity index (χ0n) is 21.4. The number of benzene rings is 3. The minimum atomic E-state index is -1.46. The summed E-state index contributed by atoms with van der Waals surface area (Å²) >= 11 is 0. The van der Waals surface area contributed by atoms with Gasteiger partial charge in [0.25, 0.3) is 0 Å². The van der Waals surface area contributed by atoms with Crippen molar-refractivity contribution in [3.63, 3.8) is 0 Å². The summed E-state index contributed by atoms with van der Waals surface area (Å²) in [6.45, 7) is 5.71. The van der Waals surface area contributed by atoms with E-state index in [1.54, 1.807) is 31.4 Å².